The molecule has 0 amide bonds. The second-order valence-corrected chi connectivity index (χ2v) is 4.88. The number of anilines is 1. The van der Waals surface area contributed by atoms with Gasteiger partial charge in [-0.1, -0.05) is 11.6 Å². The molecule has 1 aromatic rings. The number of rotatable bonds is 5. The molecule has 0 spiro atoms. The van der Waals surface area contributed by atoms with E-state index in [4.69, 9.17) is 22.7 Å². The second-order valence-electron chi connectivity index (χ2n) is 3.49. The SMILES string of the molecule is CSCCN(C)c1ccc(C(=N)N)c(Cl)c1. The number of halogens is 1. The zero-order valence-electron chi connectivity index (χ0n) is 9.46. The van der Waals surface area contributed by atoms with E-state index in [0.717, 1.165) is 18.0 Å². The summed E-state index contributed by atoms with van der Waals surface area (Å²) in [5, 5.41) is 7.87. The summed E-state index contributed by atoms with van der Waals surface area (Å²) in [6.45, 7) is 0.969. The quantitative estimate of drug-likeness (QED) is 0.629. The van der Waals surface area contributed by atoms with Gasteiger partial charge in [0.15, 0.2) is 0 Å². The van der Waals surface area contributed by atoms with Crippen LogP contribution in [0.2, 0.25) is 5.02 Å². The van der Waals surface area contributed by atoms with Gasteiger partial charge in [0, 0.05) is 30.6 Å². The van der Waals surface area contributed by atoms with Gasteiger partial charge in [-0.15, -0.1) is 0 Å². The van der Waals surface area contributed by atoms with Crippen LogP contribution in [0.25, 0.3) is 0 Å². The smallest absolute Gasteiger partial charge is 0.124 e. The highest BCUT2D eigenvalue weighted by Gasteiger charge is 2.06. The molecule has 0 atom stereocenters. The predicted molar refractivity (Wildman–Crippen MR) is 74.1 cm³/mol. The summed E-state index contributed by atoms with van der Waals surface area (Å²) >= 11 is 7.86. The molecule has 16 heavy (non-hydrogen) atoms. The fraction of sp³-hybridized carbons (Fsp3) is 0.364. The van der Waals surface area contributed by atoms with E-state index < -0.39 is 0 Å². The lowest BCUT2D eigenvalue weighted by Gasteiger charge is -2.19. The molecule has 0 heterocycles. The van der Waals surface area contributed by atoms with Crippen molar-refractivity contribution in [1.29, 1.82) is 5.41 Å². The lowest BCUT2D eigenvalue weighted by Crippen LogP contribution is -2.20. The summed E-state index contributed by atoms with van der Waals surface area (Å²) < 4.78 is 0. The van der Waals surface area contributed by atoms with Crippen LogP contribution in [0.15, 0.2) is 18.2 Å². The molecule has 5 heteroatoms. The molecular formula is C11H16ClN3S. The molecular weight excluding hydrogens is 242 g/mol. The third-order valence-electron chi connectivity index (χ3n) is 2.31. The summed E-state index contributed by atoms with van der Waals surface area (Å²) in [5.41, 5.74) is 7.04. The molecule has 0 saturated carbocycles. The van der Waals surface area contributed by atoms with Crippen LogP contribution in [0.5, 0.6) is 0 Å². The number of thioether (sulfide) groups is 1. The summed E-state index contributed by atoms with van der Waals surface area (Å²) in [4.78, 5) is 2.13. The van der Waals surface area contributed by atoms with Crippen molar-refractivity contribution in [3.63, 3.8) is 0 Å². The Morgan fingerprint density at radius 1 is 1.56 bits per heavy atom. The molecule has 0 saturated heterocycles. The lowest BCUT2D eigenvalue weighted by molar-refractivity contribution is 0.978. The number of nitrogens with two attached hydrogens (primary N) is 1. The van der Waals surface area contributed by atoms with Gasteiger partial charge in [-0.3, -0.25) is 5.41 Å². The Morgan fingerprint density at radius 2 is 2.25 bits per heavy atom. The summed E-state index contributed by atoms with van der Waals surface area (Å²) in [7, 11) is 2.02. The van der Waals surface area contributed by atoms with Gasteiger partial charge in [0.2, 0.25) is 0 Å². The first-order valence-electron chi connectivity index (χ1n) is 4.90. The largest absolute Gasteiger partial charge is 0.384 e. The molecule has 1 aromatic carbocycles. The zero-order valence-corrected chi connectivity index (χ0v) is 11.0. The van der Waals surface area contributed by atoms with Crippen LogP contribution < -0.4 is 10.6 Å². The standard InChI is InChI=1S/C11H16ClN3S/c1-15(5-6-16-2)8-3-4-9(11(13)14)10(12)7-8/h3-4,7H,5-6H2,1-2H3,(H3,13,14). The van der Waals surface area contributed by atoms with Gasteiger partial charge in [0.05, 0.1) is 5.02 Å². The van der Waals surface area contributed by atoms with Gasteiger partial charge in [-0.05, 0) is 24.5 Å². The summed E-state index contributed by atoms with van der Waals surface area (Å²) in [6, 6.07) is 5.57. The average Bonchev–Trinajstić information content (AvgIpc) is 2.25. The topological polar surface area (TPSA) is 53.1 Å². The van der Waals surface area contributed by atoms with Crippen LogP contribution in [-0.2, 0) is 0 Å². The van der Waals surface area contributed by atoms with Crippen molar-refractivity contribution in [3.05, 3.63) is 28.8 Å². The Morgan fingerprint density at radius 3 is 2.75 bits per heavy atom. The minimum Gasteiger partial charge on any atom is -0.384 e. The molecule has 0 bridgehead atoms. The molecule has 3 nitrogen and oxygen atoms in total. The van der Waals surface area contributed by atoms with Gasteiger partial charge in [-0.2, -0.15) is 11.8 Å². The van der Waals surface area contributed by atoms with Crippen LogP contribution in [0.4, 0.5) is 5.69 Å². The van der Waals surface area contributed by atoms with Crippen LogP contribution in [0.1, 0.15) is 5.56 Å². The Bertz CT molecular complexity index is 381. The Hall–Kier alpha value is -0.870. The molecule has 0 radical (unpaired) electrons. The predicted octanol–water partition coefficient (Wildman–Crippen LogP) is 2.42. The number of benzene rings is 1. The highest BCUT2D eigenvalue weighted by atomic mass is 35.5. The minimum absolute atomic E-state index is 0.00307. The van der Waals surface area contributed by atoms with Crippen molar-refractivity contribution in [3.8, 4) is 0 Å². The van der Waals surface area contributed by atoms with E-state index in [1.165, 1.54) is 0 Å². The van der Waals surface area contributed by atoms with Gasteiger partial charge in [0.25, 0.3) is 0 Å². The van der Waals surface area contributed by atoms with Crippen molar-refractivity contribution in [2.75, 3.05) is 30.5 Å². The molecule has 3 N–H and O–H groups in total. The van der Waals surface area contributed by atoms with Gasteiger partial charge in [-0.25, -0.2) is 0 Å². The number of amidine groups is 1. The lowest BCUT2D eigenvalue weighted by atomic mass is 10.2. The normalized spacial score (nSPS) is 10.2. The highest BCUT2D eigenvalue weighted by Crippen LogP contribution is 2.22. The van der Waals surface area contributed by atoms with Crippen molar-refractivity contribution in [2.24, 2.45) is 5.73 Å². The van der Waals surface area contributed by atoms with Crippen LogP contribution in [0.3, 0.4) is 0 Å². The maximum atomic E-state index is 7.34. The number of nitrogens with zero attached hydrogens (tertiary/aromatic N) is 1. The van der Waals surface area contributed by atoms with E-state index in [1.54, 1.807) is 6.07 Å². The third kappa shape index (κ3) is 3.32. The van der Waals surface area contributed by atoms with Crippen molar-refractivity contribution in [2.45, 2.75) is 0 Å². The summed E-state index contributed by atoms with van der Waals surface area (Å²) in [6.07, 6.45) is 2.08. The number of nitrogen functional groups attached to an aromatic ring is 1. The van der Waals surface area contributed by atoms with Crippen molar-refractivity contribution < 1.29 is 0 Å². The van der Waals surface area contributed by atoms with Crippen LogP contribution >= 0.6 is 23.4 Å². The van der Waals surface area contributed by atoms with Gasteiger partial charge >= 0.3 is 0 Å². The monoisotopic (exact) mass is 257 g/mol. The molecule has 0 aliphatic rings. The molecule has 0 unspecified atom stereocenters. The Labute approximate surface area is 105 Å². The van der Waals surface area contributed by atoms with Crippen molar-refractivity contribution >= 4 is 34.9 Å². The van der Waals surface area contributed by atoms with E-state index in [1.807, 2.05) is 30.9 Å². The maximum absolute atomic E-state index is 7.34. The Kier molecular flexibility index (Phi) is 4.96. The highest BCUT2D eigenvalue weighted by molar-refractivity contribution is 7.98. The minimum atomic E-state index is 0.00307. The molecule has 0 aliphatic carbocycles. The molecule has 88 valence electrons. The fourth-order valence-electron chi connectivity index (χ4n) is 1.32. The first kappa shape index (κ1) is 13.2. The van der Waals surface area contributed by atoms with Gasteiger partial charge < -0.3 is 10.6 Å². The first-order chi connectivity index (χ1) is 7.56. The van der Waals surface area contributed by atoms with E-state index in [-0.39, 0.29) is 5.84 Å². The molecule has 0 fully saturated rings. The second kappa shape index (κ2) is 6.01. The molecule has 0 aliphatic heterocycles. The van der Waals surface area contributed by atoms with Crippen LogP contribution in [0, 0.1) is 5.41 Å². The first-order valence-corrected chi connectivity index (χ1v) is 6.67. The fourth-order valence-corrected chi connectivity index (χ4v) is 2.05. The van der Waals surface area contributed by atoms with Crippen LogP contribution in [-0.4, -0.2) is 31.4 Å². The molecule has 1 rings (SSSR count). The molecule has 0 aromatic heterocycles. The number of hydrogen-bond donors (Lipinski definition) is 2. The van der Waals surface area contributed by atoms with E-state index >= 15 is 0 Å². The van der Waals surface area contributed by atoms with E-state index in [2.05, 4.69) is 11.2 Å². The average molecular weight is 258 g/mol. The van der Waals surface area contributed by atoms with E-state index in [0.29, 0.717) is 10.6 Å². The summed E-state index contributed by atoms with van der Waals surface area (Å²) in [5.74, 6) is 1.08. The zero-order chi connectivity index (χ0) is 12.1. The van der Waals surface area contributed by atoms with Crippen molar-refractivity contribution in [1.82, 2.24) is 0 Å². The Balaban J connectivity index is 2.84. The third-order valence-corrected chi connectivity index (χ3v) is 3.22. The van der Waals surface area contributed by atoms with E-state index in [9.17, 15) is 0 Å². The maximum Gasteiger partial charge on any atom is 0.124 e. The number of nitrogens with one attached hydrogen (secondary N) is 1. The van der Waals surface area contributed by atoms with Gasteiger partial charge in [0.1, 0.15) is 5.84 Å². The number of hydrogen-bond acceptors (Lipinski definition) is 3.